The van der Waals surface area contributed by atoms with Gasteiger partial charge in [-0.25, -0.2) is 13.2 Å². The molecule has 0 aromatic rings. The van der Waals surface area contributed by atoms with E-state index in [4.69, 9.17) is 0 Å². The largest absolute Gasteiger partial charge is 0.250 e. The number of rotatable bonds is 22. The third kappa shape index (κ3) is 30.7. The van der Waals surface area contributed by atoms with Crippen LogP contribution in [0.5, 0.6) is 0 Å². The topological polar surface area (TPSA) is 0 Å². The summed E-state index contributed by atoms with van der Waals surface area (Å²) >= 11 is 0. The fraction of sp³-hybridized carbons (Fsp3) is 1.00. The maximum Gasteiger partial charge on any atom is 0.249 e. The minimum Gasteiger partial charge on any atom is -0.250 e. The molecule has 0 unspecified atom stereocenters. The molecule has 0 aromatic carbocycles. The SMILES string of the molecule is CC(C)C1(C(C)C)CC(C)(C)C1.CC(C)C1(C(C)C)CC(F)(F)C1.CC(C)C1(C(C)C)CC2(CCCC2)C1.CC(C)C1(C(C)C)CC2(CCCCC2)C1.CC(C)C1(C(C)C)CCC(C)(C)CC1.CC(C)C1(C(C)C)CCC(C)(F)CC1.CC(C)C1(C(C)C)CCCC1.CC(C)C1(C(C)C)CCCCC1.CC(C)C1(C(C)C)CCCCCC1.CCC1(CF)CC(C(C)C)(C(C)C)C1. The Hall–Kier alpha value is -0.280. The number of alkyl halides is 4. The van der Waals surface area contributed by atoms with Crippen LogP contribution in [0, 0.1) is 200 Å². The molecule has 12 saturated carbocycles. The molecule has 782 valence electrons. The Morgan fingerprint density at radius 3 is 0.527 bits per heavy atom. The Morgan fingerprint density at radius 2 is 0.344 bits per heavy atom. The van der Waals surface area contributed by atoms with Crippen molar-refractivity contribution in [3.63, 3.8) is 0 Å². The Morgan fingerprint density at radius 1 is 0.176 bits per heavy atom. The maximum atomic E-state index is 13.7. The Balaban J connectivity index is 0.000000376. The van der Waals surface area contributed by atoms with E-state index < -0.39 is 11.6 Å². The van der Waals surface area contributed by atoms with Crippen molar-refractivity contribution in [1.29, 1.82) is 0 Å². The molecule has 12 aliphatic carbocycles. The summed E-state index contributed by atoms with van der Waals surface area (Å²) in [5.74, 6) is 13.3. The van der Waals surface area contributed by atoms with Gasteiger partial charge in [-0.15, -0.1) is 0 Å². The van der Waals surface area contributed by atoms with E-state index in [1.807, 2.05) is 0 Å². The molecule has 0 N–H and O–H groups in total. The van der Waals surface area contributed by atoms with Gasteiger partial charge in [0, 0.05) is 12.8 Å². The van der Waals surface area contributed by atoms with Crippen molar-refractivity contribution >= 4 is 0 Å². The van der Waals surface area contributed by atoms with Gasteiger partial charge >= 0.3 is 0 Å². The van der Waals surface area contributed by atoms with Crippen molar-refractivity contribution in [3.8, 4) is 0 Å². The van der Waals surface area contributed by atoms with E-state index in [9.17, 15) is 17.6 Å². The van der Waals surface area contributed by atoms with Crippen LogP contribution in [0.2, 0.25) is 0 Å². The minimum atomic E-state index is -2.38. The third-order valence-electron chi connectivity index (χ3n) is 44.7. The number of hydrogen-bond acceptors (Lipinski definition) is 0. The minimum absolute atomic E-state index is 0.0363. The number of hydrogen-bond donors (Lipinski definition) is 0. The molecule has 0 nitrogen and oxygen atoms in total. The molecule has 0 atom stereocenters. The summed E-state index contributed by atoms with van der Waals surface area (Å²) in [5.41, 5.74) is 7.41. The molecule has 2 spiro atoms. The van der Waals surface area contributed by atoms with Crippen molar-refractivity contribution in [1.82, 2.24) is 0 Å². The van der Waals surface area contributed by atoms with Crippen molar-refractivity contribution < 1.29 is 17.6 Å². The van der Waals surface area contributed by atoms with Crippen molar-refractivity contribution in [2.75, 3.05) is 6.67 Å². The molecule has 4 heteroatoms. The second-order valence-electron chi connectivity index (χ2n) is 58.2. The average molecular weight is 1850 g/mol. The lowest BCUT2D eigenvalue weighted by atomic mass is 9.42. The van der Waals surface area contributed by atoms with E-state index in [2.05, 4.69) is 312 Å². The van der Waals surface area contributed by atoms with Gasteiger partial charge in [0.15, 0.2) is 0 Å². The molecular formula is C127H246F4. The molecule has 0 amide bonds. The van der Waals surface area contributed by atoms with Gasteiger partial charge in [-0.3, -0.25) is 4.39 Å². The third-order valence-corrected chi connectivity index (χ3v) is 44.7. The predicted octanol–water partition coefficient (Wildman–Crippen LogP) is 44.1. The second-order valence-corrected chi connectivity index (χ2v) is 58.2. The lowest BCUT2D eigenvalue weighted by Gasteiger charge is -2.62. The highest BCUT2D eigenvalue weighted by molar-refractivity contribution is 5.11. The van der Waals surface area contributed by atoms with E-state index in [0.29, 0.717) is 95.1 Å². The van der Waals surface area contributed by atoms with E-state index in [1.54, 1.807) is 6.92 Å². The first kappa shape index (κ1) is 125. The monoisotopic (exact) mass is 1850 g/mol. The molecule has 131 heavy (non-hydrogen) atoms. The summed E-state index contributed by atoms with van der Waals surface area (Å²) < 4.78 is 52.2. The molecule has 0 aliphatic heterocycles. The van der Waals surface area contributed by atoms with Crippen molar-refractivity contribution in [2.45, 2.75) is 606 Å². The molecule has 12 fully saturated rings. The summed E-state index contributed by atoms with van der Waals surface area (Å²) in [7, 11) is 0. The molecule has 0 bridgehead atoms. The van der Waals surface area contributed by atoms with Gasteiger partial charge < -0.3 is 0 Å². The fourth-order valence-corrected chi connectivity index (χ4v) is 33.0. The summed E-state index contributed by atoms with van der Waals surface area (Å²) in [6.07, 6.45) is 57.5. The van der Waals surface area contributed by atoms with Gasteiger partial charge in [-0.1, -0.05) is 401 Å². The summed E-state index contributed by atoms with van der Waals surface area (Å²) in [6.45, 7) is 108. The first-order valence-corrected chi connectivity index (χ1v) is 58.6. The Labute approximate surface area is 824 Å². The van der Waals surface area contributed by atoms with E-state index in [-0.39, 0.29) is 30.3 Å². The second kappa shape index (κ2) is 50.8. The van der Waals surface area contributed by atoms with Gasteiger partial charge in [0.05, 0.1) is 6.67 Å². The number of halogens is 4. The smallest absolute Gasteiger partial charge is 0.249 e. The summed E-state index contributed by atoms with van der Waals surface area (Å²) in [6, 6.07) is 0. The van der Waals surface area contributed by atoms with Crippen LogP contribution in [-0.4, -0.2) is 18.3 Å². The molecule has 0 heterocycles. The molecular weight excluding hydrogens is 1600 g/mol. The van der Waals surface area contributed by atoms with Crippen LogP contribution in [0.15, 0.2) is 0 Å². The first-order chi connectivity index (χ1) is 59.9. The van der Waals surface area contributed by atoms with Crippen LogP contribution < -0.4 is 0 Å². The highest BCUT2D eigenvalue weighted by Crippen LogP contribution is 2.70. The van der Waals surface area contributed by atoms with Crippen LogP contribution in [0.1, 0.15) is 595 Å². The fourth-order valence-electron chi connectivity index (χ4n) is 33.0. The van der Waals surface area contributed by atoms with Gasteiger partial charge in [0.25, 0.3) is 0 Å². The van der Waals surface area contributed by atoms with Crippen LogP contribution in [0.3, 0.4) is 0 Å². The van der Waals surface area contributed by atoms with Crippen LogP contribution >= 0.6 is 0 Å². The Bertz CT molecular complexity index is 2800. The normalized spacial score (nSPS) is 25.6. The highest BCUT2D eigenvalue weighted by Gasteiger charge is 2.62. The van der Waals surface area contributed by atoms with E-state index in [1.165, 1.54) is 218 Å². The standard InChI is InChI=1S/C15H28.C14H26.C14H28.2C13H25F.C13H26.2C12H24.C11H22.C10H18F2/c1-12(2)15(13(3)4)10-14(11-15)8-6-5-7-9-14;1-11(2)14(12(3)4)9-13(10-14)7-5-6-8-13;1-11(2)14(12(3)4)9-7-13(5,6)8-10-14;1-10(2)13(11(3)4)8-6-12(5,14)7-9-13;1-6-12(9-14)7-13(8-12,10(2)3)11(4)5;1-11(2)13(12(3)4)9-7-5-6-8-10-13;1-9(2)12(10(3)4)7-11(5,6)8-12;1-10(2)12(11(3)4)8-6-5-7-9-12;1-9(2)11(10(3)4)7-5-6-8-11;1-7(2)9(8(3)4)5-10(11,12)6-9/h12-13H,5-11H2,1-4H3;11-12H,5-10H2,1-4H3;11-12H,7-10H2,1-6H3;2*10-11H,6-9H2,1-5H3;11-12H,5-10H2,1-4H3;9-10H,7-8H2,1-6H3;10-11H,5-9H2,1-4H3;9-10H,5-8H2,1-4H3;7-8H,5-6H2,1-4H3. The van der Waals surface area contributed by atoms with Crippen molar-refractivity contribution in [2.24, 2.45) is 200 Å². The van der Waals surface area contributed by atoms with E-state index >= 15 is 0 Å². The molecule has 0 radical (unpaired) electrons. The molecule has 12 rings (SSSR count). The zero-order valence-corrected chi connectivity index (χ0v) is 98.7. The maximum absolute atomic E-state index is 13.7. The highest BCUT2D eigenvalue weighted by atomic mass is 19.3. The first-order valence-electron chi connectivity index (χ1n) is 58.6. The molecule has 0 aromatic heterocycles. The predicted molar refractivity (Wildman–Crippen MR) is 581 cm³/mol. The molecule has 12 aliphatic rings. The van der Waals surface area contributed by atoms with E-state index in [0.717, 1.165) is 139 Å². The zero-order chi connectivity index (χ0) is 101. The summed E-state index contributed by atoms with van der Waals surface area (Å²) in [4.78, 5) is 0. The van der Waals surface area contributed by atoms with Crippen molar-refractivity contribution in [3.05, 3.63) is 0 Å². The van der Waals surface area contributed by atoms with Gasteiger partial charge in [0.1, 0.15) is 5.67 Å². The average Bonchev–Trinajstić information content (AvgIpc) is 1.17. The summed E-state index contributed by atoms with van der Waals surface area (Å²) in [5, 5.41) is 0. The van der Waals surface area contributed by atoms with Crippen LogP contribution in [0.25, 0.3) is 0 Å². The van der Waals surface area contributed by atoms with Crippen LogP contribution in [0.4, 0.5) is 17.6 Å². The molecule has 0 saturated heterocycles. The van der Waals surface area contributed by atoms with Gasteiger partial charge in [0.2, 0.25) is 5.92 Å². The zero-order valence-electron chi connectivity index (χ0n) is 98.7. The lowest BCUT2D eigenvalue weighted by molar-refractivity contribution is -0.197. The van der Waals surface area contributed by atoms with Crippen LogP contribution in [-0.2, 0) is 0 Å². The van der Waals surface area contributed by atoms with Gasteiger partial charge in [-0.05, 0) is 380 Å². The quantitative estimate of drug-likeness (QED) is 0.0749. The Kier molecular flexibility index (Phi) is 48.4. The van der Waals surface area contributed by atoms with Gasteiger partial charge in [-0.2, -0.15) is 0 Å². The lowest BCUT2D eigenvalue weighted by Crippen LogP contribution is -2.53.